The van der Waals surface area contributed by atoms with Crippen molar-refractivity contribution in [2.45, 2.75) is 13.8 Å². The molecule has 0 aliphatic heterocycles. The maximum atomic E-state index is 10.1. The Hall–Kier alpha value is -3.97. The Labute approximate surface area is 168 Å². The fraction of sp³-hybridized carbons (Fsp3) is 0.0800. The number of pyridine rings is 1. The van der Waals surface area contributed by atoms with Gasteiger partial charge >= 0.3 is 0 Å². The number of nitriles is 1. The molecule has 0 spiro atoms. The van der Waals surface area contributed by atoms with Crippen LogP contribution in [0.5, 0.6) is 0 Å². The summed E-state index contributed by atoms with van der Waals surface area (Å²) in [5, 5.41) is 21.2. The van der Waals surface area contributed by atoms with Gasteiger partial charge in [0.05, 0.1) is 5.52 Å². The Bertz CT molecular complexity index is 1410. The molecule has 0 aliphatic carbocycles. The van der Waals surface area contributed by atoms with E-state index in [1.54, 1.807) is 0 Å². The third kappa shape index (κ3) is 2.60. The Morgan fingerprint density at radius 2 is 1.34 bits per heavy atom. The van der Waals surface area contributed by atoms with Crippen LogP contribution in [0.25, 0.3) is 38.8 Å². The van der Waals surface area contributed by atoms with Crippen molar-refractivity contribution in [3.63, 3.8) is 0 Å². The minimum atomic E-state index is 0.590. The molecule has 0 unspecified atom stereocenters. The molecule has 0 saturated heterocycles. The van der Waals surface area contributed by atoms with Crippen molar-refractivity contribution in [3.8, 4) is 28.6 Å². The third-order valence-electron chi connectivity index (χ3n) is 5.28. The SMILES string of the molecule is Cc1cc(C)c2c3c(-c4ccccc4)nnc(-c4ccccc4)c3c(C#N)n2c1. The fourth-order valence-electron chi connectivity index (χ4n) is 4.12. The third-order valence-corrected chi connectivity index (χ3v) is 5.28. The van der Waals surface area contributed by atoms with E-state index in [1.165, 1.54) is 0 Å². The van der Waals surface area contributed by atoms with Crippen molar-refractivity contribution in [3.05, 3.63) is 89.7 Å². The lowest BCUT2D eigenvalue weighted by molar-refractivity contribution is 1.06. The topological polar surface area (TPSA) is 54.0 Å². The highest BCUT2D eigenvalue weighted by atomic mass is 15.1. The minimum absolute atomic E-state index is 0.590. The number of benzene rings is 2. The Morgan fingerprint density at radius 1 is 0.793 bits per heavy atom. The molecule has 3 heterocycles. The number of aryl methyl sites for hydroxylation is 2. The molecule has 0 bridgehead atoms. The summed E-state index contributed by atoms with van der Waals surface area (Å²) in [6.07, 6.45) is 2.02. The molecule has 138 valence electrons. The average molecular weight is 374 g/mol. The van der Waals surface area contributed by atoms with Crippen LogP contribution in [0.4, 0.5) is 0 Å². The van der Waals surface area contributed by atoms with E-state index < -0.39 is 0 Å². The van der Waals surface area contributed by atoms with Crippen molar-refractivity contribution < 1.29 is 0 Å². The molecule has 0 amide bonds. The molecule has 0 saturated carbocycles. The number of aromatic nitrogens is 3. The number of nitrogens with zero attached hydrogens (tertiary/aromatic N) is 4. The molecular formula is C25H18N4. The molecule has 4 heteroatoms. The molecule has 0 fully saturated rings. The average Bonchev–Trinajstić information content (AvgIpc) is 3.08. The monoisotopic (exact) mass is 374 g/mol. The Balaban J connectivity index is 2.05. The summed E-state index contributed by atoms with van der Waals surface area (Å²) >= 11 is 0. The molecule has 2 aromatic carbocycles. The summed E-state index contributed by atoms with van der Waals surface area (Å²) in [6.45, 7) is 4.13. The van der Waals surface area contributed by atoms with Gasteiger partial charge in [-0.15, -0.1) is 10.2 Å². The summed E-state index contributed by atoms with van der Waals surface area (Å²) in [5.41, 5.74) is 7.29. The first-order valence-electron chi connectivity index (χ1n) is 9.51. The van der Waals surface area contributed by atoms with Crippen molar-refractivity contribution in [2.24, 2.45) is 0 Å². The van der Waals surface area contributed by atoms with E-state index >= 15 is 0 Å². The zero-order valence-electron chi connectivity index (χ0n) is 16.2. The van der Waals surface area contributed by atoms with Crippen molar-refractivity contribution in [1.82, 2.24) is 14.6 Å². The fourth-order valence-corrected chi connectivity index (χ4v) is 4.12. The largest absolute Gasteiger partial charge is 0.306 e. The number of hydrogen-bond acceptors (Lipinski definition) is 3. The van der Waals surface area contributed by atoms with Gasteiger partial charge in [-0.05, 0) is 25.0 Å². The number of hydrogen-bond donors (Lipinski definition) is 0. The molecule has 0 aliphatic rings. The predicted octanol–water partition coefficient (Wildman–Crippen LogP) is 5.71. The van der Waals surface area contributed by atoms with Crippen LogP contribution in [-0.2, 0) is 0 Å². The summed E-state index contributed by atoms with van der Waals surface area (Å²) in [4.78, 5) is 0. The van der Waals surface area contributed by atoms with Crippen LogP contribution in [0.3, 0.4) is 0 Å². The van der Waals surface area contributed by atoms with Crippen LogP contribution in [0.2, 0.25) is 0 Å². The number of fused-ring (bicyclic) bond motifs is 3. The van der Waals surface area contributed by atoms with Crippen LogP contribution in [0.1, 0.15) is 16.8 Å². The highest BCUT2D eigenvalue weighted by molar-refractivity contribution is 6.14. The minimum Gasteiger partial charge on any atom is -0.306 e. The number of rotatable bonds is 2. The van der Waals surface area contributed by atoms with Gasteiger partial charge in [0.15, 0.2) is 0 Å². The summed E-state index contributed by atoms with van der Waals surface area (Å²) in [7, 11) is 0. The van der Waals surface area contributed by atoms with Crippen LogP contribution >= 0.6 is 0 Å². The molecular weight excluding hydrogens is 356 g/mol. The zero-order chi connectivity index (χ0) is 20.0. The lowest BCUT2D eigenvalue weighted by atomic mass is 10.0. The summed E-state index contributed by atoms with van der Waals surface area (Å²) in [6, 6.07) is 24.6. The van der Waals surface area contributed by atoms with Gasteiger partial charge in [0, 0.05) is 28.1 Å². The van der Waals surface area contributed by atoms with E-state index in [0.29, 0.717) is 5.69 Å². The van der Waals surface area contributed by atoms with E-state index in [4.69, 9.17) is 0 Å². The van der Waals surface area contributed by atoms with E-state index in [9.17, 15) is 5.26 Å². The van der Waals surface area contributed by atoms with Crippen LogP contribution in [0.15, 0.2) is 72.9 Å². The van der Waals surface area contributed by atoms with Gasteiger partial charge in [-0.2, -0.15) is 5.26 Å². The Kier molecular flexibility index (Phi) is 3.89. The summed E-state index contributed by atoms with van der Waals surface area (Å²) in [5.74, 6) is 0. The molecule has 3 aromatic heterocycles. The van der Waals surface area contributed by atoms with Gasteiger partial charge < -0.3 is 4.40 Å². The Morgan fingerprint density at radius 3 is 1.90 bits per heavy atom. The van der Waals surface area contributed by atoms with E-state index in [-0.39, 0.29) is 0 Å². The van der Waals surface area contributed by atoms with E-state index in [1.807, 2.05) is 78.2 Å². The second kappa shape index (κ2) is 6.57. The predicted molar refractivity (Wildman–Crippen MR) is 116 cm³/mol. The maximum absolute atomic E-state index is 10.1. The van der Waals surface area contributed by atoms with Crippen LogP contribution < -0.4 is 0 Å². The van der Waals surface area contributed by atoms with Crippen molar-refractivity contribution in [1.29, 1.82) is 5.26 Å². The van der Waals surface area contributed by atoms with E-state index in [2.05, 4.69) is 29.3 Å². The second-order valence-corrected chi connectivity index (χ2v) is 7.26. The molecule has 0 N–H and O–H groups in total. The van der Waals surface area contributed by atoms with Crippen LogP contribution in [-0.4, -0.2) is 14.6 Å². The van der Waals surface area contributed by atoms with Gasteiger partial charge in [-0.3, -0.25) is 0 Å². The smallest absolute Gasteiger partial charge is 0.135 e. The summed E-state index contributed by atoms with van der Waals surface area (Å²) < 4.78 is 2.00. The molecule has 5 rings (SSSR count). The molecule has 0 radical (unpaired) electrons. The molecule has 0 atom stereocenters. The van der Waals surface area contributed by atoms with Gasteiger partial charge in [0.1, 0.15) is 23.2 Å². The lowest BCUT2D eigenvalue weighted by Crippen LogP contribution is -1.94. The first-order valence-corrected chi connectivity index (χ1v) is 9.51. The first kappa shape index (κ1) is 17.2. The maximum Gasteiger partial charge on any atom is 0.135 e. The first-order chi connectivity index (χ1) is 14.2. The molecule has 29 heavy (non-hydrogen) atoms. The zero-order valence-corrected chi connectivity index (χ0v) is 16.2. The van der Waals surface area contributed by atoms with E-state index in [0.717, 1.165) is 49.9 Å². The standard InChI is InChI=1S/C25H18N4/c1-16-13-17(2)25-22-21(20(14-26)29(25)15-16)23(18-9-5-3-6-10-18)27-28-24(22)19-11-7-4-8-12-19/h3-13,15H,1-2H3. The second-order valence-electron chi connectivity index (χ2n) is 7.26. The highest BCUT2D eigenvalue weighted by Crippen LogP contribution is 2.39. The quantitative estimate of drug-likeness (QED) is 0.398. The highest BCUT2D eigenvalue weighted by Gasteiger charge is 2.23. The molecule has 4 nitrogen and oxygen atoms in total. The lowest BCUT2D eigenvalue weighted by Gasteiger charge is -2.08. The molecule has 5 aromatic rings. The van der Waals surface area contributed by atoms with Crippen LogP contribution in [0, 0.1) is 25.2 Å². The van der Waals surface area contributed by atoms with Gasteiger partial charge in [0.2, 0.25) is 0 Å². The van der Waals surface area contributed by atoms with Crippen molar-refractivity contribution in [2.75, 3.05) is 0 Å². The van der Waals surface area contributed by atoms with Gasteiger partial charge in [0.25, 0.3) is 0 Å². The van der Waals surface area contributed by atoms with Gasteiger partial charge in [-0.1, -0.05) is 66.7 Å². The normalized spacial score (nSPS) is 11.1. The van der Waals surface area contributed by atoms with Crippen molar-refractivity contribution >= 4 is 16.3 Å². The van der Waals surface area contributed by atoms with Gasteiger partial charge in [-0.25, -0.2) is 0 Å².